The Morgan fingerprint density at radius 2 is 1.71 bits per heavy atom. The monoisotopic (exact) mass is 334 g/mol. The van der Waals surface area contributed by atoms with Crippen molar-refractivity contribution < 1.29 is 19.1 Å². The Kier molecular flexibility index (Phi) is 4.73. The molecule has 0 bridgehead atoms. The highest BCUT2D eigenvalue weighted by molar-refractivity contribution is 6.02. The second kappa shape index (κ2) is 6.79. The van der Waals surface area contributed by atoms with Crippen LogP contribution in [0.3, 0.4) is 0 Å². The summed E-state index contributed by atoms with van der Waals surface area (Å²) < 4.78 is 14.0. The maximum atomic E-state index is 14.0. The average molecular weight is 334 g/mol. The summed E-state index contributed by atoms with van der Waals surface area (Å²) in [7, 11) is 0. The van der Waals surface area contributed by atoms with Crippen LogP contribution in [0, 0.1) is 11.2 Å². The third-order valence-electron chi connectivity index (χ3n) is 5.25. The van der Waals surface area contributed by atoms with Crippen LogP contribution >= 0.6 is 0 Å². The molecule has 1 aliphatic heterocycles. The largest absolute Gasteiger partial charge is 0.480 e. The summed E-state index contributed by atoms with van der Waals surface area (Å²) in [5.41, 5.74) is -0.701. The molecule has 1 amide bonds. The van der Waals surface area contributed by atoms with E-state index in [4.69, 9.17) is 0 Å². The van der Waals surface area contributed by atoms with Gasteiger partial charge in [-0.15, -0.1) is 0 Å². The summed E-state index contributed by atoms with van der Waals surface area (Å²) in [6.45, 7) is 2.13. The van der Waals surface area contributed by atoms with E-state index in [-0.39, 0.29) is 11.7 Å². The van der Waals surface area contributed by atoms with Gasteiger partial charge >= 0.3 is 5.97 Å². The van der Waals surface area contributed by atoms with Crippen LogP contribution in [0.25, 0.3) is 0 Å². The van der Waals surface area contributed by atoms with E-state index < -0.39 is 11.4 Å². The molecule has 1 saturated heterocycles. The van der Waals surface area contributed by atoms with Gasteiger partial charge in [0.1, 0.15) is 11.2 Å². The van der Waals surface area contributed by atoms with E-state index in [9.17, 15) is 19.1 Å². The van der Waals surface area contributed by atoms with Crippen LogP contribution < -0.4 is 4.90 Å². The van der Waals surface area contributed by atoms with Gasteiger partial charge in [-0.05, 0) is 31.4 Å². The van der Waals surface area contributed by atoms with Gasteiger partial charge in [0.05, 0.1) is 5.69 Å². The third kappa shape index (κ3) is 2.97. The Morgan fingerprint density at radius 3 is 2.38 bits per heavy atom. The molecule has 2 aliphatic rings. The fourth-order valence-electron chi connectivity index (χ4n) is 3.87. The lowest BCUT2D eigenvalue weighted by molar-refractivity contribution is -0.160. The molecule has 1 N–H and O–H groups in total. The standard InChI is InChI=1S/C18H23FN2O3/c19-14-6-1-2-7-15(14)20-10-5-11-21(13-12-20)16(22)18(17(23)24)8-3-4-9-18/h1-2,6-7H,3-5,8-13H2,(H,23,24). The third-order valence-corrected chi connectivity index (χ3v) is 5.25. The Balaban J connectivity index is 1.72. The molecule has 5 nitrogen and oxygen atoms in total. The molecule has 0 spiro atoms. The van der Waals surface area contributed by atoms with Crippen molar-refractivity contribution >= 4 is 17.6 Å². The number of hydrogen-bond donors (Lipinski definition) is 1. The normalized spacial score (nSPS) is 20.7. The zero-order chi connectivity index (χ0) is 17.2. The van der Waals surface area contributed by atoms with E-state index in [1.165, 1.54) is 6.07 Å². The lowest BCUT2D eigenvalue weighted by Crippen LogP contribution is -2.48. The quantitative estimate of drug-likeness (QED) is 0.863. The SMILES string of the molecule is O=C(O)C1(C(=O)N2CCCN(c3ccccc3F)CC2)CCCC1. The molecule has 0 atom stereocenters. The second-order valence-electron chi connectivity index (χ2n) is 6.68. The van der Waals surface area contributed by atoms with Crippen LogP contribution in [-0.4, -0.2) is 48.1 Å². The van der Waals surface area contributed by atoms with Crippen molar-refractivity contribution in [1.29, 1.82) is 0 Å². The van der Waals surface area contributed by atoms with Crippen molar-refractivity contribution in [1.82, 2.24) is 4.90 Å². The fourth-order valence-corrected chi connectivity index (χ4v) is 3.87. The Bertz CT molecular complexity index is 628. The number of carboxylic acid groups (broad SMARTS) is 1. The van der Waals surface area contributed by atoms with Crippen LogP contribution in [0.1, 0.15) is 32.1 Å². The fraction of sp³-hybridized carbons (Fsp3) is 0.556. The smallest absolute Gasteiger partial charge is 0.319 e. The van der Waals surface area contributed by atoms with Gasteiger partial charge in [0.2, 0.25) is 5.91 Å². The Morgan fingerprint density at radius 1 is 1.00 bits per heavy atom. The maximum absolute atomic E-state index is 14.0. The van der Waals surface area contributed by atoms with Crippen molar-refractivity contribution in [2.24, 2.45) is 5.41 Å². The number of nitrogens with zero attached hydrogens (tertiary/aromatic N) is 2. The topological polar surface area (TPSA) is 60.9 Å². The van der Waals surface area contributed by atoms with Crippen LogP contribution in [0.4, 0.5) is 10.1 Å². The van der Waals surface area contributed by atoms with Gasteiger partial charge in [0.15, 0.2) is 0 Å². The van der Waals surface area contributed by atoms with Crippen molar-refractivity contribution in [2.45, 2.75) is 32.1 Å². The molecule has 24 heavy (non-hydrogen) atoms. The van der Waals surface area contributed by atoms with Crippen LogP contribution in [0.15, 0.2) is 24.3 Å². The van der Waals surface area contributed by atoms with Crippen molar-refractivity contribution in [2.75, 3.05) is 31.1 Å². The number of carbonyl (C=O) groups excluding carboxylic acids is 1. The molecule has 1 aromatic rings. The first-order chi connectivity index (χ1) is 11.5. The predicted molar refractivity (Wildman–Crippen MR) is 88.3 cm³/mol. The second-order valence-corrected chi connectivity index (χ2v) is 6.68. The highest BCUT2D eigenvalue weighted by atomic mass is 19.1. The first-order valence-corrected chi connectivity index (χ1v) is 8.57. The minimum Gasteiger partial charge on any atom is -0.480 e. The van der Waals surface area contributed by atoms with Crippen LogP contribution in [0.5, 0.6) is 0 Å². The zero-order valence-corrected chi connectivity index (χ0v) is 13.7. The van der Waals surface area contributed by atoms with E-state index >= 15 is 0 Å². The Labute approximate surface area is 141 Å². The molecule has 1 heterocycles. The van der Waals surface area contributed by atoms with Crippen LogP contribution in [-0.2, 0) is 9.59 Å². The van der Waals surface area contributed by atoms with E-state index in [2.05, 4.69) is 0 Å². The molecule has 6 heteroatoms. The molecule has 2 fully saturated rings. The van der Waals surface area contributed by atoms with E-state index in [1.807, 2.05) is 4.90 Å². The molecule has 0 unspecified atom stereocenters. The highest BCUT2D eigenvalue weighted by Gasteiger charge is 2.50. The summed E-state index contributed by atoms with van der Waals surface area (Å²) in [6, 6.07) is 6.62. The summed E-state index contributed by atoms with van der Waals surface area (Å²) in [5.74, 6) is -1.53. The first-order valence-electron chi connectivity index (χ1n) is 8.57. The van der Waals surface area contributed by atoms with Crippen LogP contribution in [0.2, 0.25) is 0 Å². The summed E-state index contributed by atoms with van der Waals surface area (Å²) in [5, 5.41) is 9.59. The summed E-state index contributed by atoms with van der Waals surface area (Å²) in [4.78, 5) is 28.2. The predicted octanol–water partition coefficient (Wildman–Crippen LogP) is 2.51. The molecule has 0 aromatic heterocycles. The molecular formula is C18H23FN2O3. The molecular weight excluding hydrogens is 311 g/mol. The molecule has 0 radical (unpaired) electrons. The zero-order valence-electron chi connectivity index (χ0n) is 13.7. The van der Waals surface area contributed by atoms with E-state index in [0.29, 0.717) is 51.1 Å². The molecule has 130 valence electrons. The number of benzene rings is 1. The number of amides is 1. The molecule has 3 rings (SSSR count). The number of rotatable bonds is 3. The van der Waals surface area contributed by atoms with Crippen molar-refractivity contribution in [3.8, 4) is 0 Å². The molecule has 1 saturated carbocycles. The summed E-state index contributed by atoms with van der Waals surface area (Å²) >= 11 is 0. The minimum absolute atomic E-state index is 0.261. The average Bonchev–Trinajstić information content (AvgIpc) is 2.95. The van der Waals surface area contributed by atoms with Crippen molar-refractivity contribution in [3.05, 3.63) is 30.1 Å². The van der Waals surface area contributed by atoms with Gasteiger partial charge < -0.3 is 14.9 Å². The number of carbonyl (C=O) groups is 2. The number of halogens is 1. The Hall–Kier alpha value is -2.11. The number of para-hydroxylation sites is 1. The number of aliphatic carboxylic acids is 1. The van der Waals surface area contributed by atoms with Gasteiger partial charge in [-0.25, -0.2) is 4.39 Å². The number of hydrogen-bond acceptors (Lipinski definition) is 3. The molecule has 1 aliphatic carbocycles. The maximum Gasteiger partial charge on any atom is 0.319 e. The summed E-state index contributed by atoms with van der Waals surface area (Å²) in [6.07, 6.45) is 3.12. The van der Waals surface area contributed by atoms with Gasteiger partial charge in [0, 0.05) is 26.2 Å². The number of carboxylic acids is 1. The van der Waals surface area contributed by atoms with E-state index in [0.717, 1.165) is 12.8 Å². The van der Waals surface area contributed by atoms with E-state index in [1.54, 1.807) is 23.1 Å². The minimum atomic E-state index is -1.24. The highest BCUT2D eigenvalue weighted by Crippen LogP contribution is 2.40. The van der Waals surface area contributed by atoms with Crippen molar-refractivity contribution in [3.63, 3.8) is 0 Å². The first kappa shape index (κ1) is 16.7. The van der Waals surface area contributed by atoms with Gasteiger partial charge in [-0.1, -0.05) is 25.0 Å². The van der Waals surface area contributed by atoms with Gasteiger partial charge in [0.25, 0.3) is 0 Å². The van der Waals surface area contributed by atoms with Gasteiger partial charge in [-0.2, -0.15) is 0 Å². The molecule has 1 aromatic carbocycles. The lowest BCUT2D eigenvalue weighted by atomic mass is 9.84. The number of anilines is 1. The van der Waals surface area contributed by atoms with Gasteiger partial charge in [-0.3, -0.25) is 9.59 Å². The lowest BCUT2D eigenvalue weighted by Gasteiger charge is -2.30.